The smallest absolute Gasteiger partial charge is 0.338 e. The quantitative estimate of drug-likeness (QED) is 0.741. The lowest BCUT2D eigenvalue weighted by Gasteiger charge is -2.12. The van der Waals surface area contributed by atoms with Gasteiger partial charge >= 0.3 is 5.97 Å². The van der Waals surface area contributed by atoms with Crippen LogP contribution in [-0.2, 0) is 4.79 Å². The lowest BCUT2D eigenvalue weighted by atomic mass is 10.2. The topological polar surface area (TPSA) is 90.2 Å². The number of aromatic carboxylic acids is 1. The molecule has 2 N–H and O–H groups in total. The zero-order valence-electron chi connectivity index (χ0n) is 14.2. The van der Waals surface area contributed by atoms with Crippen LogP contribution in [0.4, 0.5) is 5.69 Å². The van der Waals surface area contributed by atoms with Crippen LogP contribution in [0, 0.1) is 0 Å². The van der Waals surface area contributed by atoms with E-state index in [0.717, 1.165) is 23.4 Å². The molecule has 0 aromatic heterocycles. The first-order valence-electron chi connectivity index (χ1n) is 8.01. The number of phenols is 1. The van der Waals surface area contributed by atoms with Crippen LogP contribution in [0.3, 0.4) is 0 Å². The van der Waals surface area contributed by atoms with Crippen LogP contribution in [-0.4, -0.2) is 38.7 Å². The number of carbonyl (C=O) groups is 2. The summed E-state index contributed by atoms with van der Waals surface area (Å²) in [6, 6.07) is 11.0. The van der Waals surface area contributed by atoms with Gasteiger partial charge in [-0.05, 0) is 60.7 Å². The van der Waals surface area contributed by atoms with Crippen LogP contribution < -0.4 is 0 Å². The molecule has 1 amide bonds. The zero-order chi connectivity index (χ0) is 19.6. The molecule has 0 radical (unpaired) electrons. The van der Waals surface area contributed by atoms with Gasteiger partial charge in [-0.1, -0.05) is 23.7 Å². The minimum atomic E-state index is -1.21. The van der Waals surface area contributed by atoms with Crippen LogP contribution >= 0.6 is 23.4 Å². The average molecular weight is 403 g/mol. The molecule has 2 aromatic carbocycles. The van der Waals surface area contributed by atoms with Crippen molar-refractivity contribution in [2.75, 3.05) is 6.54 Å². The summed E-state index contributed by atoms with van der Waals surface area (Å²) < 4.78 is 0. The largest absolute Gasteiger partial charge is 0.508 e. The van der Waals surface area contributed by atoms with Crippen molar-refractivity contribution in [2.45, 2.75) is 6.92 Å². The van der Waals surface area contributed by atoms with Gasteiger partial charge in [-0.3, -0.25) is 9.69 Å². The summed E-state index contributed by atoms with van der Waals surface area (Å²) in [4.78, 5) is 30.4. The fourth-order valence-electron chi connectivity index (χ4n) is 2.51. The molecular formula is C19H15ClN2O4S. The Labute approximate surface area is 164 Å². The number of halogens is 1. The van der Waals surface area contributed by atoms with Gasteiger partial charge in [0.2, 0.25) is 0 Å². The molecule has 0 atom stereocenters. The van der Waals surface area contributed by atoms with Crippen molar-refractivity contribution < 1.29 is 19.8 Å². The average Bonchev–Trinajstić information content (AvgIpc) is 2.91. The Morgan fingerprint density at radius 1 is 1.30 bits per heavy atom. The number of hydrogen-bond acceptors (Lipinski definition) is 5. The Hall–Kier alpha value is -2.77. The number of likely N-dealkylation sites (N-methyl/N-ethyl adjacent to an activating group) is 1. The van der Waals surface area contributed by atoms with Crippen LogP contribution in [0.15, 0.2) is 52.4 Å². The molecule has 1 aliphatic heterocycles. The molecule has 0 aliphatic carbocycles. The van der Waals surface area contributed by atoms with Crippen molar-refractivity contribution in [2.24, 2.45) is 4.99 Å². The molecule has 1 saturated heterocycles. The van der Waals surface area contributed by atoms with E-state index in [0.29, 0.717) is 21.6 Å². The van der Waals surface area contributed by atoms with Gasteiger partial charge in [0.15, 0.2) is 5.17 Å². The molecule has 0 bridgehead atoms. The van der Waals surface area contributed by atoms with Gasteiger partial charge in [-0.25, -0.2) is 9.79 Å². The van der Waals surface area contributed by atoms with Crippen molar-refractivity contribution in [1.82, 2.24) is 4.90 Å². The SMILES string of the molecule is CCN1C(=O)/C(=C/c2cccc(Cl)c2)SC1=Nc1ccc(O)cc1C(=O)O. The summed E-state index contributed by atoms with van der Waals surface area (Å²) in [7, 11) is 0. The molecule has 27 heavy (non-hydrogen) atoms. The third kappa shape index (κ3) is 4.15. The highest BCUT2D eigenvalue weighted by atomic mass is 35.5. The molecule has 1 heterocycles. The lowest BCUT2D eigenvalue weighted by molar-refractivity contribution is -0.122. The molecule has 0 spiro atoms. The van der Waals surface area contributed by atoms with Crippen molar-refractivity contribution in [3.63, 3.8) is 0 Å². The molecule has 1 aliphatic rings. The summed E-state index contributed by atoms with van der Waals surface area (Å²) in [5, 5.41) is 19.8. The first-order valence-corrected chi connectivity index (χ1v) is 9.20. The van der Waals surface area contributed by atoms with Gasteiger partial charge < -0.3 is 10.2 Å². The fraction of sp³-hybridized carbons (Fsp3) is 0.105. The number of aliphatic imine (C=N–C) groups is 1. The first-order chi connectivity index (χ1) is 12.9. The van der Waals surface area contributed by atoms with Gasteiger partial charge in [-0.15, -0.1) is 0 Å². The maximum Gasteiger partial charge on any atom is 0.338 e. The molecular weight excluding hydrogens is 388 g/mol. The molecule has 1 fully saturated rings. The van der Waals surface area contributed by atoms with E-state index >= 15 is 0 Å². The van der Waals surface area contributed by atoms with Crippen LogP contribution in [0.5, 0.6) is 5.75 Å². The van der Waals surface area contributed by atoms with Crippen molar-refractivity contribution in [3.8, 4) is 5.75 Å². The van der Waals surface area contributed by atoms with Crippen LogP contribution in [0.2, 0.25) is 5.02 Å². The number of amides is 1. The second-order valence-corrected chi connectivity index (χ2v) is 7.06. The second-order valence-electron chi connectivity index (χ2n) is 5.62. The van der Waals surface area contributed by atoms with Gasteiger partial charge in [0.1, 0.15) is 5.75 Å². The Bertz CT molecular complexity index is 987. The number of carboxylic acids is 1. The molecule has 0 unspecified atom stereocenters. The van der Waals surface area contributed by atoms with Crippen molar-refractivity contribution in [1.29, 1.82) is 0 Å². The lowest BCUT2D eigenvalue weighted by Crippen LogP contribution is -2.28. The second kappa shape index (κ2) is 7.85. The Morgan fingerprint density at radius 3 is 2.74 bits per heavy atom. The number of carboxylic acid groups (broad SMARTS) is 1. The molecule has 6 nitrogen and oxygen atoms in total. The van der Waals surface area contributed by atoms with Gasteiger partial charge in [-0.2, -0.15) is 0 Å². The van der Waals surface area contributed by atoms with Crippen molar-refractivity contribution in [3.05, 3.63) is 63.5 Å². The van der Waals surface area contributed by atoms with E-state index in [1.807, 2.05) is 13.0 Å². The summed E-state index contributed by atoms with van der Waals surface area (Å²) in [6.45, 7) is 2.20. The Balaban J connectivity index is 2.01. The van der Waals surface area contributed by atoms with E-state index < -0.39 is 5.97 Å². The fourth-order valence-corrected chi connectivity index (χ4v) is 3.77. The number of hydrogen-bond donors (Lipinski definition) is 2. The first kappa shape index (κ1) is 19.0. The number of nitrogens with zero attached hydrogens (tertiary/aromatic N) is 2. The third-order valence-corrected chi connectivity index (χ3v) is 5.02. The number of carbonyl (C=O) groups excluding carboxylic acids is 1. The number of benzene rings is 2. The summed E-state index contributed by atoms with van der Waals surface area (Å²) in [5.41, 5.74) is 0.809. The van der Waals surface area contributed by atoms with Gasteiger partial charge in [0.25, 0.3) is 5.91 Å². The van der Waals surface area contributed by atoms with Crippen molar-refractivity contribution >= 4 is 52.2 Å². The zero-order valence-corrected chi connectivity index (χ0v) is 15.8. The minimum absolute atomic E-state index is 0.140. The highest BCUT2D eigenvalue weighted by Gasteiger charge is 2.32. The molecule has 8 heteroatoms. The maximum atomic E-state index is 12.7. The van der Waals surface area contributed by atoms with E-state index in [1.165, 1.54) is 17.0 Å². The monoisotopic (exact) mass is 402 g/mol. The van der Waals surface area contributed by atoms with E-state index in [9.17, 15) is 19.8 Å². The van der Waals surface area contributed by atoms with Crippen LogP contribution in [0.1, 0.15) is 22.8 Å². The molecule has 2 aromatic rings. The minimum Gasteiger partial charge on any atom is -0.508 e. The number of thioether (sulfide) groups is 1. The Morgan fingerprint density at radius 2 is 2.07 bits per heavy atom. The summed E-state index contributed by atoms with van der Waals surface area (Å²) >= 11 is 7.15. The molecule has 138 valence electrons. The van der Waals surface area contributed by atoms with E-state index in [4.69, 9.17) is 11.6 Å². The molecule has 0 saturated carbocycles. The highest BCUT2D eigenvalue weighted by Crippen LogP contribution is 2.35. The Kier molecular flexibility index (Phi) is 5.53. The normalized spacial score (nSPS) is 17.1. The predicted octanol–water partition coefficient (Wildman–Crippen LogP) is 4.37. The number of aromatic hydroxyl groups is 1. The number of phenolic OH excluding ortho intramolecular Hbond substituents is 1. The number of rotatable bonds is 4. The summed E-state index contributed by atoms with van der Waals surface area (Å²) in [5.74, 6) is -1.59. The third-order valence-electron chi connectivity index (χ3n) is 3.78. The summed E-state index contributed by atoms with van der Waals surface area (Å²) in [6.07, 6.45) is 1.72. The number of amidine groups is 1. The van der Waals surface area contributed by atoms with E-state index in [2.05, 4.69) is 4.99 Å². The van der Waals surface area contributed by atoms with Crippen LogP contribution in [0.25, 0.3) is 6.08 Å². The molecule has 3 rings (SSSR count). The maximum absolute atomic E-state index is 12.7. The van der Waals surface area contributed by atoms with E-state index in [-0.39, 0.29) is 22.9 Å². The highest BCUT2D eigenvalue weighted by molar-refractivity contribution is 8.18. The van der Waals surface area contributed by atoms with Gasteiger partial charge in [0.05, 0.1) is 16.2 Å². The van der Waals surface area contributed by atoms with E-state index in [1.54, 1.807) is 24.3 Å². The standard InChI is InChI=1S/C19H15ClN2O4S/c1-2-22-17(24)16(9-11-4-3-5-12(20)8-11)27-19(22)21-15-7-6-13(23)10-14(15)18(25)26/h3-10,23H,2H2,1H3,(H,25,26)/b16-9-,21-19?. The van der Waals surface area contributed by atoms with Gasteiger partial charge in [0, 0.05) is 11.6 Å². The predicted molar refractivity (Wildman–Crippen MR) is 107 cm³/mol.